The van der Waals surface area contributed by atoms with Gasteiger partial charge in [0.2, 0.25) is 0 Å². The SMILES string of the molecule is C#CCN(Cc1nnsc1Cl)[C@@H]1CCc2ccccc21. The van der Waals surface area contributed by atoms with Crippen LogP contribution in [-0.4, -0.2) is 21.0 Å². The quantitative estimate of drug-likeness (QED) is 0.811. The van der Waals surface area contributed by atoms with E-state index in [-0.39, 0.29) is 0 Å². The maximum absolute atomic E-state index is 6.11. The molecule has 0 radical (unpaired) electrons. The maximum atomic E-state index is 6.11. The van der Waals surface area contributed by atoms with Gasteiger partial charge in [-0.25, -0.2) is 0 Å². The van der Waals surface area contributed by atoms with Crippen molar-refractivity contribution in [2.45, 2.75) is 25.4 Å². The molecule has 0 fully saturated rings. The third kappa shape index (κ3) is 2.57. The van der Waals surface area contributed by atoms with Gasteiger partial charge in [0.05, 0.1) is 6.54 Å². The highest BCUT2D eigenvalue weighted by Crippen LogP contribution is 2.36. The molecule has 0 aliphatic heterocycles. The van der Waals surface area contributed by atoms with Gasteiger partial charge in [-0.2, -0.15) is 0 Å². The van der Waals surface area contributed by atoms with E-state index in [1.54, 1.807) is 0 Å². The van der Waals surface area contributed by atoms with Crippen LogP contribution in [0.15, 0.2) is 24.3 Å². The minimum atomic E-state index is 0.347. The first-order valence-corrected chi connectivity index (χ1v) is 7.66. The standard InChI is InChI=1S/C15H14ClN3S/c1-2-9-19(10-13-15(16)20-18-17-13)14-8-7-11-5-3-4-6-12(11)14/h1,3-6,14H,7-10H2/t14-/m1/s1. The molecular formula is C15H14ClN3S. The zero-order chi connectivity index (χ0) is 13.9. The number of aryl methyl sites for hydroxylation is 1. The fraction of sp³-hybridized carbons (Fsp3) is 0.333. The monoisotopic (exact) mass is 303 g/mol. The molecule has 0 saturated heterocycles. The van der Waals surface area contributed by atoms with E-state index in [1.807, 2.05) is 0 Å². The van der Waals surface area contributed by atoms with Gasteiger partial charge in [0.25, 0.3) is 0 Å². The first-order valence-electron chi connectivity index (χ1n) is 6.51. The summed E-state index contributed by atoms with van der Waals surface area (Å²) in [7, 11) is 0. The minimum absolute atomic E-state index is 0.347. The normalized spacial score (nSPS) is 17.1. The van der Waals surface area contributed by atoms with Crippen LogP contribution in [-0.2, 0) is 13.0 Å². The molecule has 0 N–H and O–H groups in total. The summed E-state index contributed by atoms with van der Waals surface area (Å²) in [6.07, 6.45) is 7.72. The number of terminal acetylenes is 1. The molecule has 20 heavy (non-hydrogen) atoms. The Hall–Kier alpha value is -1.41. The molecule has 0 amide bonds. The predicted molar refractivity (Wildman–Crippen MR) is 81.7 cm³/mol. The number of hydrogen-bond acceptors (Lipinski definition) is 4. The van der Waals surface area contributed by atoms with Crippen LogP contribution in [0.2, 0.25) is 4.34 Å². The molecule has 1 heterocycles. The summed E-state index contributed by atoms with van der Waals surface area (Å²) in [4.78, 5) is 2.26. The number of fused-ring (bicyclic) bond motifs is 1. The van der Waals surface area contributed by atoms with Crippen molar-refractivity contribution in [3.05, 3.63) is 45.4 Å². The molecule has 1 atom stereocenters. The lowest BCUT2D eigenvalue weighted by molar-refractivity contribution is 0.211. The fourth-order valence-electron chi connectivity index (χ4n) is 2.79. The van der Waals surface area contributed by atoms with Gasteiger partial charge in [0, 0.05) is 24.1 Å². The fourth-order valence-corrected chi connectivity index (χ4v) is 3.40. The molecule has 0 bridgehead atoms. The molecule has 5 heteroatoms. The number of rotatable bonds is 4. The van der Waals surface area contributed by atoms with Crippen LogP contribution in [0.25, 0.3) is 0 Å². The van der Waals surface area contributed by atoms with Gasteiger partial charge < -0.3 is 0 Å². The summed E-state index contributed by atoms with van der Waals surface area (Å²) >= 11 is 7.32. The summed E-state index contributed by atoms with van der Waals surface area (Å²) in [6, 6.07) is 8.91. The Labute approximate surface area is 127 Å². The van der Waals surface area contributed by atoms with Gasteiger partial charge in [0.15, 0.2) is 0 Å². The molecular weight excluding hydrogens is 290 g/mol. The van der Waals surface area contributed by atoms with Gasteiger partial charge >= 0.3 is 0 Å². The third-order valence-electron chi connectivity index (χ3n) is 3.70. The molecule has 1 aliphatic rings. The van der Waals surface area contributed by atoms with E-state index in [4.69, 9.17) is 18.0 Å². The van der Waals surface area contributed by atoms with E-state index in [0.29, 0.717) is 23.5 Å². The molecule has 1 aromatic carbocycles. The second-order valence-electron chi connectivity index (χ2n) is 4.86. The number of benzene rings is 1. The van der Waals surface area contributed by atoms with Crippen molar-refractivity contribution in [3.63, 3.8) is 0 Å². The average Bonchev–Trinajstić information content (AvgIpc) is 3.05. The average molecular weight is 304 g/mol. The van der Waals surface area contributed by atoms with Crippen LogP contribution < -0.4 is 0 Å². The largest absolute Gasteiger partial charge is 0.279 e. The number of hydrogen-bond donors (Lipinski definition) is 0. The molecule has 102 valence electrons. The maximum Gasteiger partial charge on any atom is 0.138 e. The second-order valence-corrected chi connectivity index (χ2v) is 6.21. The van der Waals surface area contributed by atoms with Crippen molar-refractivity contribution in [2.75, 3.05) is 6.54 Å². The van der Waals surface area contributed by atoms with E-state index in [2.05, 4.69) is 44.7 Å². The summed E-state index contributed by atoms with van der Waals surface area (Å²) in [5.74, 6) is 2.75. The number of halogens is 1. The molecule has 0 spiro atoms. The van der Waals surface area contributed by atoms with Crippen LogP contribution in [0.1, 0.15) is 29.3 Å². The van der Waals surface area contributed by atoms with Crippen LogP contribution in [0.5, 0.6) is 0 Å². The zero-order valence-electron chi connectivity index (χ0n) is 10.9. The molecule has 0 unspecified atom stereocenters. The highest BCUT2D eigenvalue weighted by molar-refractivity contribution is 7.10. The first kappa shape index (κ1) is 13.6. The summed E-state index contributed by atoms with van der Waals surface area (Å²) in [5.41, 5.74) is 3.61. The number of nitrogens with zero attached hydrogens (tertiary/aromatic N) is 3. The summed E-state index contributed by atoms with van der Waals surface area (Å²) in [6.45, 7) is 1.24. The van der Waals surface area contributed by atoms with Crippen molar-refractivity contribution in [1.82, 2.24) is 14.5 Å². The Kier molecular flexibility index (Phi) is 4.02. The Morgan fingerprint density at radius 3 is 3.05 bits per heavy atom. The highest BCUT2D eigenvalue weighted by Gasteiger charge is 2.28. The molecule has 1 aromatic heterocycles. The van der Waals surface area contributed by atoms with Gasteiger partial charge in [0.1, 0.15) is 10.0 Å². The molecule has 0 saturated carbocycles. The second kappa shape index (κ2) is 5.92. The van der Waals surface area contributed by atoms with E-state index < -0.39 is 0 Å². The Morgan fingerprint density at radius 1 is 1.45 bits per heavy atom. The molecule has 2 aromatic rings. The minimum Gasteiger partial charge on any atom is -0.279 e. The van der Waals surface area contributed by atoms with Crippen molar-refractivity contribution >= 4 is 23.1 Å². The first-order chi connectivity index (χ1) is 9.79. The van der Waals surface area contributed by atoms with Crippen LogP contribution in [0, 0.1) is 12.3 Å². The number of aromatic nitrogens is 2. The molecule has 3 nitrogen and oxygen atoms in total. The van der Waals surface area contributed by atoms with Crippen molar-refractivity contribution in [1.29, 1.82) is 0 Å². The molecule has 3 rings (SSSR count). The summed E-state index contributed by atoms with van der Waals surface area (Å²) < 4.78 is 4.54. The smallest absolute Gasteiger partial charge is 0.138 e. The van der Waals surface area contributed by atoms with Gasteiger partial charge in [-0.05, 0) is 24.0 Å². The predicted octanol–water partition coefficient (Wildman–Crippen LogP) is 3.31. The van der Waals surface area contributed by atoms with Crippen LogP contribution in [0.4, 0.5) is 0 Å². The summed E-state index contributed by atoms with van der Waals surface area (Å²) in [5, 5.41) is 4.09. The van der Waals surface area contributed by atoms with Crippen molar-refractivity contribution in [2.24, 2.45) is 0 Å². The van der Waals surface area contributed by atoms with E-state index in [1.165, 1.54) is 22.7 Å². The van der Waals surface area contributed by atoms with E-state index >= 15 is 0 Å². The lowest BCUT2D eigenvalue weighted by Crippen LogP contribution is -2.27. The molecule has 1 aliphatic carbocycles. The van der Waals surface area contributed by atoms with Gasteiger partial charge in [-0.1, -0.05) is 46.3 Å². The Bertz CT molecular complexity index is 647. The zero-order valence-corrected chi connectivity index (χ0v) is 12.5. The topological polar surface area (TPSA) is 29.0 Å². The van der Waals surface area contributed by atoms with E-state index in [0.717, 1.165) is 18.5 Å². The Balaban J connectivity index is 1.85. The Morgan fingerprint density at radius 2 is 2.30 bits per heavy atom. The van der Waals surface area contributed by atoms with Gasteiger partial charge in [-0.3, -0.25) is 4.90 Å². The lowest BCUT2D eigenvalue weighted by Gasteiger charge is -2.27. The van der Waals surface area contributed by atoms with E-state index in [9.17, 15) is 0 Å². The van der Waals surface area contributed by atoms with Crippen LogP contribution in [0.3, 0.4) is 0 Å². The van der Waals surface area contributed by atoms with Crippen LogP contribution >= 0.6 is 23.1 Å². The third-order valence-corrected chi connectivity index (χ3v) is 4.68. The van der Waals surface area contributed by atoms with Crippen molar-refractivity contribution in [3.8, 4) is 12.3 Å². The van der Waals surface area contributed by atoms with Crippen molar-refractivity contribution < 1.29 is 0 Å². The van der Waals surface area contributed by atoms with Gasteiger partial charge in [-0.15, -0.1) is 11.5 Å². The highest BCUT2D eigenvalue weighted by atomic mass is 35.5. The lowest BCUT2D eigenvalue weighted by atomic mass is 10.1.